The third-order valence-corrected chi connectivity index (χ3v) is 13.8. The van der Waals surface area contributed by atoms with Gasteiger partial charge >= 0.3 is 17.9 Å². The quantitative estimate of drug-likeness (QED) is 0.0261. The molecule has 0 aliphatic heterocycles. The number of ether oxygens (including phenoxy) is 3. The zero-order chi connectivity index (χ0) is 55.7. The minimum atomic E-state index is -0.800. The van der Waals surface area contributed by atoms with Crippen LogP contribution in [0.5, 0.6) is 0 Å². The second-order valence-electron chi connectivity index (χ2n) is 21.3. The third kappa shape index (κ3) is 62.8. The minimum Gasteiger partial charge on any atom is -0.462 e. The van der Waals surface area contributed by atoms with Gasteiger partial charge in [-0.1, -0.05) is 284 Å². The van der Waals surface area contributed by atoms with E-state index in [1.165, 1.54) is 148 Å². The van der Waals surface area contributed by atoms with E-state index in [0.717, 1.165) is 116 Å². The van der Waals surface area contributed by atoms with E-state index in [1.54, 1.807) is 0 Å². The molecule has 0 fully saturated rings. The Labute approximate surface area is 476 Å². The molecule has 1 unspecified atom stereocenters. The summed E-state index contributed by atoms with van der Waals surface area (Å²) in [7, 11) is 0. The fourth-order valence-electron chi connectivity index (χ4n) is 8.92. The summed E-state index contributed by atoms with van der Waals surface area (Å²) < 4.78 is 16.9. The van der Waals surface area contributed by atoms with Crippen LogP contribution in [0, 0.1) is 0 Å². The number of esters is 3. The van der Waals surface area contributed by atoms with Crippen LogP contribution < -0.4 is 0 Å². The van der Waals surface area contributed by atoms with E-state index in [2.05, 4.69) is 130 Å². The molecule has 0 radical (unpaired) electrons. The lowest BCUT2D eigenvalue weighted by Gasteiger charge is -2.18. The molecule has 0 rings (SSSR count). The normalized spacial score (nSPS) is 12.8. The molecule has 0 aromatic rings. The second kappa shape index (κ2) is 64.6. The number of carbonyl (C=O) groups excluding carboxylic acids is 3. The van der Waals surface area contributed by atoms with E-state index in [1.807, 2.05) is 0 Å². The number of hydrogen-bond donors (Lipinski definition) is 0. The fourth-order valence-corrected chi connectivity index (χ4v) is 8.92. The van der Waals surface area contributed by atoms with Crippen molar-refractivity contribution < 1.29 is 28.6 Å². The second-order valence-corrected chi connectivity index (χ2v) is 21.3. The van der Waals surface area contributed by atoms with Gasteiger partial charge in [0.1, 0.15) is 13.2 Å². The monoisotopic (exact) mass is 1070 g/mol. The van der Waals surface area contributed by atoms with Crippen molar-refractivity contribution in [3.05, 3.63) is 109 Å². The van der Waals surface area contributed by atoms with E-state index in [-0.39, 0.29) is 31.1 Å². The first-order valence-corrected chi connectivity index (χ1v) is 32.4. The summed E-state index contributed by atoms with van der Waals surface area (Å²) in [5.74, 6) is -0.940. The number of carbonyl (C=O) groups is 3. The van der Waals surface area contributed by atoms with Gasteiger partial charge < -0.3 is 14.2 Å². The predicted octanol–water partition coefficient (Wildman–Crippen LogP) is 22.2. The number of hydrogen-bond acceptors (Lipinski definition) is 6. The van der Waals surface area contributed by atoms with Crippen LogP contribution in [-0.2, 0) is 28.6 Å². The zero-order valence-corrected chi connectivity index (χ0v) is 50.4. The summed E-state index contributed by atoms with van der Waals surface area (Å²) in [5.41, 5.74) is 0. The van der Waals surface area contributed by atoms with Gasteiger partial charge in [-0.3, -0.25) is 14.4 Å². The Balaban J connectivity index is 4.39. The standard InChI is InChI=1S/C71H120O6/c1-4-7-10-13-16-19-22-25-27-29-31-33-34-35-36-37-38-39-41-42-44-46-49-52-55-58-61-64-70(73)76-67-68(66-75-69(72)63-60-57-54-51-48-24-21-18-15-12-9-6-3)77-71(74)65-62-59-56-53-50-47-45-43-40-32-30-28-26-23-20-17-14-11-8-5-2/h7,10,16,18-19,21,25,27,31,33,35-36,38-39,42,44,49,52,68H,4-6,8-9,11-15,17,20,22-24,26,28-30,32,34,37,40-41,43,45-48,50-51,53-67H2,1-3H3/b10-7-,19-16-,21-18-,27-25-,33-31-,36-35-,39-38-,44-42-,52-49-. The van der Waals surface area contributed by atoms with Crippen molar-refractivity contribution in [2.45, 2.75) is 309 Å². The van der Waals surface area contributed by atoms with Gasteiger partial charge in [-0.15, -0.1) is 0 Å². The molecule has 0 heterocycles. The van der Waals surface area contributed by atoms with Crippen molar-refractivity contribution in [2.24, 2.45) is 0 Å². The lowest BCUT2D eigenvalue weighted by Crippen LogP contribution is -2.30. The molecule has 1 atom stereocenters. The summed E-state index contributed by atoms with van der Waals surface area (Å²) in [6.45, 7) is 6.49. The highest BCUT2D eigenvalue weighted by Crippen LogP contribution is 2.16. The first-order valence-electron chi connectivity index (χ1n) is 32.4. The van der Waals surface area contributed by atoms with Gasteiger partial charge in [0.25, 0.3) is 0 Å². The topological polar surface area (TPSA) is 78.9 Å². The van der Waals surface area contributed by atoms with Gasteiger partial charge in [0.05, 0.1) is 0 Å². The molecule has 6 heteroatoms. The average Bonchev–Trinajstić information content (AvgIpc) is 3.43. The number of rotatable bonds is 58. The van der Waals surface area contributed by atoms with Crippen LogP contribution in [-0.4, -0.2) is 37.2 Å². The zero-order valence-electron chi connectivity index (χ0n) is 50.4. The fraction of sp³-hybridized carbons (Fsp3) is 0.704. The first kappa shape index (κ1) is 73.1. The Bertz CT molecular complexity index is 1560. The molecule has 0 bridgehead atoms. The van der Waals surface area contributed by atoms with Crippen LogP contribution in [0.3, 0.4) is 0 Å². The highest BCUT2D eigenvalue weighted by molar-refractivity contribution is 5.71. The Morgan fingerprint density at radius 3 is 0.857 bits per heavy atom. The van der Waals surface area contributed by atoms with Crippen LogP contribution in [0.1, 0.15) is 303 Å². The Hall–Kier alpha value is -3.93. The number of unbranched alkanes of at least 4 members (excludes halogenated alkanes) is 29. The molecule has 0 aromatic heterocycles. The largest absolute Gasteiger partial charge is 0.462 e. The van der Waals surface area contributed by atoms with Crippen LogP contribution in [0.15, 0.2) is 109 Å². The molecule has 0 amide bonds. The van der Waals surface area contributed by atoms with Crippen molar-refractivity contribution in [2.75, 3.05) is 13.2 Å². The summed E-state index contributed by atoms with van der Waals surface area (Å²) >= 11 is 0. The minimum absolute atomic E-state index is 0.0949. The maximum atomic E-state index is 12.9. The third-order valence-electron chi connectivity index (χ3n) is 13.8. The molecule has 0 aliphatic carbocycles. The lowest BCUT2D eigenvalue weighted by molar-refractivity contribution is -0.167. The van der Waals surface area contributed by atoms with Crippen molar-refractivity contribution >= 4 is 17.9 Å². The SMILES string of the molecule is CC/C=C\C/C=C\C/C=C\C/C=C\C/C=C\C/C=C\C/C=C\C/C=C\CCCCC(=O)OCC(COC(=O)CCCCCCC/C=C\CCCCC)OC(=O)CCCCCCCCCCCCCCCCCCCCCC. The van der Waals surface area contributed by atoms with Gasteiger partial charge in [-0.05, 0) is 109 Å². The van der Waals surface area contributed by atoms with Crippen LogP contribution >= 0.6 is 0 Å². The highest BCUT2D eigenvalue weighted by atomic mass is 16.6. The van der Waals surface area contributed by atoms with E-state index < -0.39 is 6.10 Å². The van der Waals surface area contributed by atoms with Gasteiger partial charge in [-0.25, -0.2) is 0 Å². The van der Waals surface area contributed by atoms with E-state index in [0.29, 0.717) is 19.3 Å². The van der Waals surface area contributed by atoms with Crippen molar-refractivity contribution in [1.29, 1.82) is 0 Å². The molecular formula is C71H120O6. The van der Waals surface area contributed by atoms with Crippen molar-refractivity contribution in [1.82, 2.24) is 0 Å². The Morgan fingerprint density at radius 2 is 0.506 bits per heavy atom. The summed E-state index contributed by atoms with van der Waals surface area (Å²) in [5, 5.41) is 0. The molecule has 0 aromatic carbocycles. The van der Waals surface area contributed by atoms with Gasteiger partial charge in [0, 0.05) is 19.3 Å². The molecule has 77 heavy (non-hydrogen) atoms. The maximum absolute atomic E-state index is 12.9. The maximum Gasteiger partial charge on any atom is 0.306 e. The predicted molar refractivity (Wildman–Crippen MR) is 334 cm³/mol. The van der Waals surface area contributed by atoms with Crippen LogP contribution in [0.25, 0.3) is 0 Å². The summed E-state index contributed by atoms with van der Waals surface area (Å²) in [6, 6.07) is 0. The smallest absolute Gasteiger partial charge is 0.306 e. The highest BCUT2D eigenvalue weighted by Gasteiger charge is 2.19. The summed E-state index contributed by atoms with van der Waals surface area (Å²) in [4.78, 5) is 38.3. The molecule has 0 N–H and O–H groups in total. The molecule has 0 saturated carbocycles. The Morgan fingerprint density at radius 1 is 0.273 bits per heavy atom. The van der Waals surface area contributed by atoms with Crippen molar-refractivity contribution in [3.8, 4) is 0 Å². The van der Waals surface area contributed by atoms with Gasteiger partial charge in [-0.2, -0.15) is 0 Å². The molecule has 440 valence electrons. The molecule has 6 nitrogen and oxygen atoms in total. The van der Waals surface area contributed by atoms with Gasteiger partial charge in [0.15, 0.2) is 6.10 Å². The van der Waals surface area contributed by atoms with Crippen molar-refractivity contribution in [3.63, 3.8) is 0 Å². The van der Waals surface area contributed by atoms with E-state index in [9.17, 15) is 14.4 Å². The molecule has 0 saturated heterocycles. The first-order chi connectivity index (χ1) is 38.0. The van der Waals surface area contributed by atoms with E-state index >= 15 is 0 Å². The molecule has 0 aliphatic rings. The molecular weight excluding hydrogens is 949 g/mol. The number of allylic oxidation sites excluding steroid dienone is 18. The van der Waals surface area contributed by atoms with Gasteiger partial charge in [0.2, 0.25) is 0 Å². The summed E-state index contributed by atoms with van der Waals surface area (Å²) in [6.07, 6.45) is 88.1. The Kier molecular flexibility index (Phi) is 61.3. The lowest BCUT2D eigenvalue weighted by atomic mass is 10.0. The average molecular weight is 1070 g/mol. The van der Waals surface area contributed by atoms with E-state index in [4.69, 9.17) is 14.2 Å². The molecule has 0 spiro atoms. The van der Waals surface area contributed by atoms with Crippen LogP contribution in [0.4, 0.5) is 0 Å². The van der Waals surface area contributed by atoms with Crippen LogP contribution in [0.2, 0.25) is 0 Å².